The fourth-order valence-electron chi connectivity index (χ4n) is 2.18. The van der Waals surface area contributed by atoms with Gasteiger partial charge in [0.05, 0.1) is 12.6 Å². The van der Waals surface area contributed by atoms with E-state index >= 15 is 0 Å². The predicted octanol–water partition coefficient (Wildman–Crippen LogP) is -1.30. The van der Waals surface area contributed by atoms with Crippen molar-refractivity contribution < 1.29 is 9.59 Å². The van der Waals surface area contributed by atoms with Crippen molar-refractivity contribution in [2.24, 2.45) is 0 Å². The molecule has 2 aliphatic rings. The fourth-order valence-corrected chi connectivity index (χ4v) is 2.18. The molecule has 2 heterocycles. The summed E-state index contributed by atoms with van der Waals surface area (Å²) in [4.78, 5) is 24.9. The molecule has 0 aromatic carbocycles. The third-order valence-electron chi connectivity index (χ3n) is 2.87. The maximum atomic E-state index is 11.6. The van der Waals surface area contributed by atoms with E-state index in [1.54, 1.807) is 4.90 Å². The van der Waals surface area contributed by atoms with Crippen LogP contribution < -0.4 is 10.6 Å². The summed E-state index contributed by atoms with van der Waals surface area (Å²) < 4.78 is 0. The summed E-state index contributed by atoms with van der Waals surface area (Å²) in [6.07, 6.45) is 0.689. The highest BCUT2D eigenvalue weighted by Crippen LogP contribution is 2.16. The van der Waals surface area contributed by atoms with Crippen LogP contribution in [0.3, 0.4) is 0 Å². The second-order valence-electron chi connectivity index (χ2n) is 3.75. The molecule has 2 N–H and O–H groups in total. The van der Waals surface area contributed by atoms with Crippen LogP contribution in [0, 0.1) is 0 Å². The van der Waals surface area contributed by atoms with Crippen molar-refractivity contribution in [2.75, 3.05) is 19.6 Å². The van der Waals surface area contributed by atoms with Gasteiger partial charge in [0.2, 0.25) is 11.8 Å². The minimum Gasteiger partial charge on any atom is -0.352 e. The number of nitrogens with one attached hydrogen (secondary N) is 2. The number of carbonyl (C=O) groups is 2. The number of piperazine rings is 2. The summed E-state index contributed by atoms with van der Waals surface area (Å²) in [5, 5.41) is 5.88. The van der Waals surface area contributed by atoms with Crippen molar-refractivity contribution in [3.8, 4) is 0 Å². The Bertz CT molecular complexity index is 267. The zero-order valence-corrected chi connectivity index (χ0v) is 8.25. The zero-order valence-electron chi connectivity index (χ0n) is 8.25. The molecule has 2 aliphatic heterocycles. The second kappa shape index (κ2) is 3.57. The van der Waals surface area contributed by atoms with Crippen LogP contribution in [0.15, 0.2) is 0 Å². The van der Waals surface area contributed by atoms with Gasteiger partial charge in [0.25, 0.3) is 0 Å². The third-order valence-corrected chi connectivity index (χ3v) is 2.87. The molecule has 0 aliphatic carbocycles. The highest BCUT2D eigenvalue weighted by atomic mass is 16.2. The Morgan fingerprint density at radius 1 is 1.43 bits per heavy atom. The van der Waals surface area contributed by atoms with Gasteiger partial charge < -0.3 is 15.5 Å². The first-order valence-corrected chi connectivity index (χ1v) is 5.03. The van der Waals surface area contributed by atoms with E-state index in [-0.39, 0.29) is 23.9 Å². The maximum absolute atomic E-state index is 11.6. The van der Waals surface area contributed by atoms with E-state index in [1.165, 1.54) is 0 Å². The average molecular weight is 197 g/mol. The molecule has 2 rings (SSSR count). The molecule has 78 valence electrons. The zero-order chi connectivity index (χ0) is 10.1. The van der Waals surface area contributed by atoms with Crippen molar-refractivity contribution in [3.63, 3.8) is 0 Å². The van der Waals surface area contributed by atoms with Gasteiger partial charge in [-0.05, 0) is 6.42 Å². The summed E-state index contributed by atoms with van der Waals surface area (Å²) in [5.74, 6) is 0.0296. The molecule has 2 fully saturated rings. The Hall–Kier alpha value is -1.10. The van der Waals surface area contributed by atoms with E-state index in [0.717, 1.165) is 6.54 Å². The highest BCUT2D eigenvalue weighted by molar-refractivity contribution is 5.90. The van der Waals surface area contributed by atoms with Crippen molar-refractivity contribution in [1.29, 1.82) is 0 Å². The standard InChI is InChI=1S/C9H15N3O2/c1-2-7-9(14)11-4-6-3-10-5-8(13)12(6)7/h6-7,10H,2-5H2,1H3,(H,11,14). The lowest BCUT2D eigenvalue weighted by atomic mass is 10.0. The smallest absolute Gasteiger partial charge is 0.242 e. The van der Waals surface area contributed by atoms with Gasteiger partial charge in [-0.25, -0.2) is 0 Å². The van der Waals surface area contributed by atoms with Gasteiger partial charge >= 0.3 is 0 Å². The average Bonchev–Trinajstić information content (AvgIpc) is 2.19. The first-order valence-electron chi connectivity index (χ1n) is 5.03. The van der Waals surface area contributed by atoms with E-state index in [0.29, 0.717) is 19.5 Å². The van der Waals surface area contributed by atoms with E-state index in [4.69, 9.17) is 0 Å². The van der Waals surface area contributed by atoms with E-state index in [2.05, 4.69) is 10.6 Å². The minimum absolute atomic E-state index is 0.0148. The van der Waals surface area contributed by atoms with Gasteiger partial charge in [-0.1, -0.05) is 6.92 Å². The van der Waals surface area contributed by atoms with Gasteiger partial charge in [0, 0.05) is 13.1 Å². The molecule has 0 saturated carbocycles. The Balaban J connectivity index is 2.20. The van der Waals surface area contributed by atoms with Crippen molar-refractivity contribution in [1.82, 2.24) is 15.5 Å². The minimum atomic E-state index is -0.261. The molecular weight excluding hydrogens is 182 g/mol. The summed E-state index contributed by atoms with van der Waals surface area (Å²) in [7, 11) is 0. The molecule has 0 aromatic heterocycles. The molecule has 5 nitrogen and oxygen atoms in total. The number of hydrogen-bond acceptors (Lipinski definition) is 3. The molecule has 5 heteroatoms. The summed E-state index contributed by atoms with van der Waals surface area (Å²) in [6, 6.07) is -0.123. The Labute approximate surface area is 82.8 Å². The summed E-state index contributed by atoms with van der Waals surface area (Å²) in [5.41, 5.74) is 0. The van der Waals surface area contributed by atoms with E-state index < -0.39 is 0 Å². The first kappa shape index (κ1) is 9.45. The number of nitrogens with zero attached hydrogens (tertiary/aromatic N) is 1. The quantitative estimate of drug-likeness (QED) is 0.549. The normalized spacial score (nSPS) is 32.5. The highest BCUT2D eigenvalue weighted by Gasteiger charge is 2.39. The van der Waals surface area contributed by atoms with Gasteiger partial charge in [0.15, 0.2) is 0 Å². The molecule has 2 saturated heterocycles. The molecule has 0 radical (unpaired) electrons. The molecule has 0 spiro atoms. The van der Waals surface area contributed by atoms with Crippen molar-refractivity contribution >= 4 is 11.8 Å². The molecule has 2 atom stereocenters. The van der Waals surface area contributed by atoms with Crippen LogP contribution in [0.5, 0.6) is 0 Å². The van der Waals surface area contributed by atoms with Crippen LogP contribution in [0.1, 0.15) is 13.3 Å². The predicted molar refractivity (Wildman–Crippen MR) is 50.6 cm³/mol. The molecule has 0 bridgehead atoms. The van der Waals surface area contributed by atoms with Crippen LogP contribution in [0.4, 0.5) is 0 Å². The molecular formula is C9H15N3O2. The number of amides is 2. The van der Waals surface area contributed by atoms with E-state index in [1.807, 2.05) is 6.92 Å². The topological polar surface area (TPSA) is 61.4 Å². The van der Waals surface area contributed by atoms with Crippen molar-refractivity contribution in [3.05, 3.63) is 0 Å². The second-order valence-corrected chi connectivity index (χ2v) is 3.75. The Kier molecular flexibility index (Phi) is 2.41. The number of rotatable bonds is 1. The lowest BCUT2D eigenvalue weighted by Gasteiger charge is -2.44. The van der Waals surface area contributed by atoms with Crippen LogP contribution in [0.25, 0.3) is 0 Å². The molecule has 2 unspecified atom stereocenters. The number of hydrogen-bond donors (Lipinski definition) is 2. The van der Waals surface area contributed by atoms with Crippen LogP contribution >= 0.6 is 0 Å². The largest absolute Gasteiger partial charge is 0.352 e. The fraction of sp³-hybridized carbons (Fsp3) is 0.778. The molecule has 0 aromatic rings. The van der Waals surface area contributed by atoms with Crippen LogP contribution in [-0.4, -0.2) is 48.4 Å². The molecule has 14 heavy (non-hydrogen) atoms. The maximum Gasteiger partial charge on any atom is 0.242 e. The lowest BCUT2D eigenvalue weighted by molar-refractivity contribution is -0.148. The Morgan fingerprint density at radius 3 is 2.93 bits per heavy atom. The van der Waals surface area contributed by atoms with Crippen molar-refractivity contribution in [2.45, 2.75) is 25.4 Å². The summed E-state index contributed by atoms with van der Waals surface area (Å²) in [6.45, 7) is 3.65. The Morgan fingerprint density at radius 2 is 2.21 bits per heavy atom. The summed E-state index contributed by atoms with van der Waals surface area (Å²) >= 11 is 0. The van der Waals surface area contributed by atoms with Crippen LogP contribution in [0.2, 0.25) is 0 Å². The monoisotopic (exact) mass is 197 g/mol. The van der Waals surface area contributed by atoms with Gasteiger partial charge in [-0.3, -0.25) is 9.59 Å². The lowest BCUT2D eigenvalue weighted by Crippen LogP contribution is -2.68. The van der Waals surface area contributed by atoms with Gasteiger partial charge in [0.1, 0.15) is 6.04 Å². The first-order chi connectivity index (χ1) is 6.74. The van der Waals surface area contributed by atoms with Crippen LogP contribution in [-0.2, 0) is 9.59 Å². The number of carbonyl (C=O) groups excluding carboxylic acids is 2. The van der Waals surface area contributed by atoms with Gasteiger partial charge in [-0.2, -0.15) is 0 Å². The van der Waals surface area contributed by atoms with E-state index in [9.17, 15) is 9.59 Å². The molecule has 2 amide bonds. The SMILES string of the molecule is CCC1C(=O)NCC2CNCC(=O)N21. The van der Waals surface area contributed by atoms with Gasteiger partial charge in [-0.15, -0.1) is 0 Å². The number of fused-ring (bicyclic) bond motifs is 1. The third kappa shape index (κ3) is 1.37.